The molecule has 0 aliphatic heterocycles. The second-order valence-electron chi connectivity index (χ2n) is 5.63. The van der Waals surface area contributed by atoms with E-state index in [-0.39, 0.29) is 5.97 Å². The highest BCUT2D eigenvalue weighted by Gasteiger charge is 2.23. The maximum atomic E-state index is 11.7. The van der Waals surface area contributed by atoms with E-state index in [0.29, 0.717) is 10.8 Å². The number of aryl methyl sites for hydroxylation is 1. The standard InChI is InChI=1S/C19H18ClNO3/c1-12(22)24-19-15-7-6-14(23-2)10-13(15)4-3-5-17(19)16-8-9-21-11-18(16)20/h6-11H,3-5H2,1-2H3. The van der Waals surface area contributed by atoms with Crippen molar-refractivity contribution in [2.24, 2.45) is 0 Å². The number of carbonyl (C=O) groups is 1. The van der Waals surface area contributed by atoms with E-state index in [1.807, 2.05) is 24.3 Å². The van der Waals surface area contributed by atoms with Crippen LogP contribution in [0.4, 0.5) is 0 Å². The Balaban J connectivity index is 2.22. The molecule has 3 rings (SSSR count). The van der Waals surface area contributed by atoms with E-state index in [2.05, 4.69) is 4.98 Å². The maximum Gasteiger partial charge on any atom is 0.308 e. The number of fused-ring (bicyclic) bond motifs is 1. The van der Waals surface area contributed by atoms with Crippen LogP contribution in [0.3, 0.4) is 0 Å². The summed E-state index contributed by atoms with van der Waals surface area (Å²) in [5, 5.41) is 0.550. The van der Waals surface area contributed by atoms with Gasteiger partial charge in [-0.05, 0) is 49.1 Å². The Morgan fingerprint density at radius 2 is 2.04 bits per heavy atom. The number of nitrogens with zero attached hydrogens (tertiary/aromatic N) is 1. The van der Waals surface area contributed by atoms with E-state index >= 15 is 0 Å². The fourth-order valence-electron chi connectivity index (χ4n) is 2.99. The van der Waals surface area contributed by atoms with Crippen LogP contribution in [0.5, 0.6) is 5.75 Å². The van der Waals surface area contributed by atoms with Crippen molar-refractivity contribution >= 4 is 28.9 Å². The topological polar surface area (TPSA) is 48.4 Å². The molecule has 0 fully saturated rings. The highest BCUT2D eigenvalue weighted by molar-refractivity contribution is 6.32. The first-order chi connectivity index (χ1) is 11.6. The molecule has 1 aromatic heterocycles. The second kappa shape index (κ2) is 7.05. The van der Waals surface area contributed by atoms with Crippen LogP contribution in [0.15, 0.2) is 36.7 Å². The Labute approximate surface area is 146 Å². The van der Waals surface area contributed by atoms with Gasteiger partial charge in [0.05, 0.1) is 12.1 Å². The normalized spacial score (nSPS) is 14.0. The van der Waals surface area contributed by atoms with Gasteiger partial charge in [-0.3, -0.25) is 9.78 Å². The van der Waals surface area contributed by atoms with E-state index in [9.17, 15) is 4.79 Å². The Kier molecular flexibility index (Phi) is 4.86. The molecule has 0 bridgehead atoms. The minimum atomic E-state index is -0.351. The fourth-order valence-corrected chi connectivity index (χ4v) is 3.23. The second-order valence-corrected chi connectivity index (χ2v) is 6.04. The molecule has 0 unspecified atom stereocenters. The lowest BCUT2D eigenvalue weighted by atomic mass is 9.99. The van der Waals surface area contributed by atoms with Crippen LogP contribution in [-0.2, 0) is 16.0 Å². The van der Waals surface area contributed by atoms with E-state index in [4.69, 9.17) is 21.1 Å². The number of hydrogen-bond acceptors (Lipinski definition) is 4. The predicted octanol–water partition coefficient (Wildman–Crippen LogP) is 4.51. The SMILES string of the molecule is COc1ccc2c(c1)CCCC(c1ccncc1Cl)=C2OC(C)=O. The molecule has 1 aliphatic carbocycles. The number of benzene rings is 1. The molecule has 0 radical (unpaired) electrons. The van der Waals surface area contributed by atoms with E-state index in [0.717, 1.165) is 47.3 Å². The van der Waals surface area contributed by atoms with Crippen molar-refractivity contribution in [1.82, 2.24) is 4.98 Å². The number of aromatic nitrogens is 1. The summed E-state index contributed by atoms with van der Waals surface area (Å²) in [7, 11) is 1.64. The number of methoxy groups -OCH3 is 1. The third-order valence-electron chi connectivity index (χ3n) is 4.05. The van der Waals surface area contributed by atoms with Gasteiger partial charge in [-0.25, -0.2) is 0 Å². The molecule has 0 atom stereocenters. The van der Waals surface area contributed by atoms with Gasteiger partial charge in [-0.15, -0.1) is 0 Å². The molecule has 1 aliphatic rings. The molecule has 5 heteroatoms. The lowest BCUT2D eigenvalue weighted by Crippen LogP contribution is -2.03. The number of pyridine rings is 1. The van der Waals surface area contributed by atoms with Gasteiger partial charge < -0.3 is 9.47 Å². The molecule has 1 aromatic carbocycles. The third-order valence-corrected chi connectivity index (χ3v) is 4.35. The van der Waals surface area contributed by atoms with Gasteiger partial charge in [-0.1, -0.05) is 11.6 Å². The fraction of sp³-hybridized carbons (Fsp3) is 0.263. The number of hydrogen-bond donors (Lipinski definition) is 0. The highest BCUT2D eigenvalue weighted by Crippen LogP contribution is 2.39. The van der Waals surface area contributed by atoms with Gasteiger partial charge in [0, 0.05) is 36.0 Å². The summed E-state index contributed by atoms with van der Waals surface area (Å²) >= 11 is 6.33. The van der Waals surface area contributed by atoms with Crippen molar-refractivity contribution in [1.29, 1.82) is 0 Å². The number of halogens is 1. The zero-order valence-electron chi connectivity index (χ0n) is 13.6. The van der Waals surface area contributed by atoms with Crippen LogP contribution in [0.2, 0.25) is 5.02 Å². The molecule has 0 amide bonds. The summed E-state index contributed by atoms with van der Waals surface area (Å²) in [6.45, 7) is 1.41. The average Bonchev–Trinajstić information content (AvgIpc) is 2.74. The van der Waals surface area contributed by atoms with Crippen molar-refractivity contribution in [3.8, 4) is 5.75 Å². The lowest BCUT2D eigenvalue weighted by molar-refractivity contribution is -0.134. The van der Waals surface area contributed by atoms with Crippen molar-refractivity contribution in [2.75, 3.05) is 7.11 Å². The smallest absolute Gasteiger partial charge is 0.308 e. The van der Waals surface area contributed by atoms with Crippen LogP contribution in [0.1, 0.15) is 36.5 Å². The first-order valence-electron chi connectivity index (χ1n) is 7.79. The first-order valence-corrected chi connectivity index (χ1v) is 8.16. The first kappa shape index (κ1) is 16.5. The predicted molar refractivity (Wildman–Crippen MR) is 93.8 cm³/mol. The molecule has 4 nitrogen and oxygen atoms in total. The van der Waals surface area contributed by atoms with Gasteiger partial charge in [0.15, 0.2) is 0 Å². The molecule has 0 N–H and O–H groups in total. The van der Waals surface area contributed by atoms with Crippen molar-refractivity contribution in [3.63, 3.8) is 0 Å². The summed E-state index contributed by atoms with van der Waals surface area (Å²) < 4.78 is 10.9. The van der Waals surface area contributed by atoms with Crippen LogP contribution in [-0.4, -0.2) is 18.1 Å². The zero-order valence-corrected chi connectivity index (χ0v) is 14.4. The largest absolute Gasteiger partial charge is 0.497 e. The molecular weight excluding hydrogens is 326 g/mol. The number of carbonyl (C=O) groups excluding carboxylic acids is 1. The number of rotatable bonds is 3. The summed E-state index contributed by atoms with van der Waals surface area (Å²) in [5.74, 6) is 1.02. The molecule has 0 saturated carbocycles. The summed E-state index contributed by atoms with van der Waals surface area (Å²) in [6, 6.07) is 7.66. The van der Waals surface area contributed by atoms with Gasteiger partial charge in [0.25, 0.3) is 0 Å². The Morgan fingerprint density at radius 1 is 1.21 bits per heavy atom. The average molecular weight is 344 g/mol. The van der Waals surface area contributed by atoms with Crippen molar-refractivity contribution < 1.29 is 14.3 Å². The van der Waals surface area contributed by atoms with Crippen LogP contribution in [0.25, 0.3) is 11.3 Å². The van der Waals surface area contributed by atoms with E-state index in [1.165, 1.54) is 6.92 Å². The molecule has 124 valence electrons. The van der Waals surface area contributed by atoms with E-state index < -0.39 is 0 Å². The van der Waals surface area contributed by atoms with Gasteiger partial charge >= 0.3 is 5.97 Å². The van der Waals surface area contributed by atoms with Gasteiger partial charge in [0.2, 0.25) is 0 Å². The summed E-state index contributed by atoms with van der Waals surface area (Å²) in [4.78, 5) is 15.7. The Hall–Kier alpha value is -2.33. The quantitative estimate of drug-likeness (QED) is 0.769. The number of allylic oxidation sites excluding steroid dienone is 1. The molecular formula is C19H18ClNO3. The molecule has 0 spiro atoms. The molecule has 1 heterocycles. The minimum Gasteiger partial charge on any atom is -0.497 e. The van der Waals surface area contributed by atoms with Gasteiger partial charge in [-0.2, -0.15) is 0 Å². The van der Waals surface area contributed by atoms with Gasteiger partial charge in [0.1, 0.15) is 11.5 Å². The maximum absolute atomic E-state index is 11.7. The highest BCUT2D eigenvalue weighted by atomic mass is 35.5. The van der Waals surface area contributed by atoms with Crippen LogP contribution >= 0.6 is 11.6 Å². The molecule has 0 saturated heterocycles. The van der Waals surface area contributed by atoms with E-state index in [1.54, 1.807) is 19.5 Å². The number of esters is 1. The zero-order chi connectivity index (χ0) is 17.1. The summed E-state index contributed by atoms with van der Waals surface area (Å²) in [6.07, 6.45) is 5.88. The van der Waals surface area contributed by atoms with Crippen molar-refractivity contribution in [3.05, 3.63) is 58.4 Å². The van der Waals surface area contributed by atoms with Crippen LogP contribution < -0.4 is 4.74 Å². The lowest BCUT2D eigenvalue weighted by Gasteiger charge is -2.16. The number of ether oxygens (including phenoxy) is 2. The minimum absolute atomic E-state index is 0.351. The summed E-state index contributed by atoms with van der Waals surface area (Å²) in [5.41, 5.74) is 3.80. The Morgan fingerprint density at radius 3 is 2.75 bits per heavy atom. The third kappa shape index (κ3) is 3.29. The Bertz CT molecular complexity index is 814. The van der Waals surface area contributed by atoms with Crippen LogP contribution in [0, 0.1) is 0 Å². The van der Waals surface area contributed by atoms with Crippen molar-refractivity contribution in [2.45, 2.75) is 26.2 Å². The monoisotopic (exact) mass is 343 g/mol. The molecule has 24 heavy (non-hydrogen) atoms. The molecule has 2 aromatic rings.